The Kier molecular flexibility index (Phi) is 41.5. The van der Waals surface area contributed by atoms with Gasteiger partial charge in [-0.05, 0) is 51.4 Å². The minimum Gasteiger partial charge on any atom is -0.457 e. The van der Waals surface area contributed by atoms with Crippen LogP contribution in [0.3, 0.4) is 0 Å². The maximum Gasteiger partial charge on any atom is 0.472 e. The molecule has 2 unspecified atom stereocenters. The molecule has 0 aromatic heterocycles. The molecule has 0 spiro atoms. The van der Waals surface area contributed by atoms with Crippen LogP contribution in [-0.4, -0.2) is 75.6 Å². The first kappa shape index (κ1) is 56.7. The fourth-order valence-corrected chi connectivity index (χ4v) is 7.42. The number of phosphoric ester groups is 1. The van der Waals surface area contributed by atoms with E-state index in [2.05, 4.69) is 50.3 Å². The standard InChI is InChI=1S/C49H94NO7P/c1-6-8-10-12-14-16-18-19-20-21-22-23-24-25-26-27-28-29-30-31-32-34-36-38-40-42-49(51)57-48(47-56-58(52,53)55-45-43-50(3,4)5)46-54-44-41-39-37-35-33-17-15-13-11-9-7-2/h18-19,21-22,24-25,48H,6-17,20,23,26-47H2,1-5H3/p+1/b19-18-,22-21-,25-24-. The van der Waals surface area contributed by atoms with Crippen LogP contribution >= 0.6 is 7.82 Å². The quantitative estimate of drug-likeness (QED) is 0.0215. The molecule has 0 saturated carbocycles. The van der Waals surface area contributed by atoms with Crippen LogP contribution in [0.5, 0.6) is 0 Å². The monoisotopic (exact) mass is 841 g/mol. The van der Waals surface area contributed by atoms with Gasteiger partial charge in [-0.15, -0.1) is 0 Å². The third-order valence-corrected chi connectivity index (χ3v) is 11.4. The van der Waals surface area contributed by atoms with Gasteiger partial charge >= 0.3 is 13.8 Å². The highest BCUT2D eigenvalue weighted by Crippen LogP contribution is 2.43. The number of hydrogen-bond donors (Lipinski definition) is 1. The zero-order valence-corrected chi connectivity index (χ0v) is 39.7. The summed E-state index contributed by atoms with van der Waals surface area (Å²) >= 11 is 0. The Morgan fingerprint density at radius 1 is 0.534 bits per heavy atom. The Bertz CT molecular complexity index is 1020. The minimum atomic E-state index is -4.27. The van der Waals surface area contributed by atoms with Gasteiger partial charge in [-0.3, -0.25) is 13.8 Å². The highest BCUT2D eigenvalue weighted by molar-refractivity contribution is 7.47. The van der Waals surface area contributed by atoms with E-state index in [1.165, 1.54) is 148 Å². The number of ether oxygens (including phenoxy) is 2. The first-order valence-electron chi connectivity index (χ1n) is 24.2. The number of carbonyl (C=O) groups excluding carboxylic acids is 1. The predicted octanol–water partition coefficient (Wildman–Crippen LogP) is 14.6. The second-order valence-corrected chi connectivity index (χ2v) is 19.0. The van der Waals surface area contributed by atoms with Gasteiger partial charge in [0.2, 0.25) is 0 Å². The summed E-state index contributed by atoms with van der Waals surface area (Å²) in [5, 5.41) is 0. The van der Waals surface area contributed by atoms with Crippen LogP contribution in [0.25, 0.3) is 0 Å². The van der Waals surface area contributed by atoms with E-state index in [-0.39, 0.29) is 25.8 Å². The maximum absolute atomic E-state index is 12.7. The molecule has 0 aliphatic heterocycles. The van der Waals surface area contributed by atoms with E-state index in [9.17, 15) is 14.3 Å². The van der Waals surface area contributed by atoms with Gasteiger partial charge in [-0.1, -0.05) is 192 Å². The van der Waals surface area contributed by atoms with Crippen molar-refractivity contribution >= 4 is 13.8 Å². The zero-order chi connectivity index (χ0) is 42.7. The summed E-state index contributed by atoms with van der Waals surface area (Å²) in [4.78, 5) is 22.9. The fourth-order valence-electron chi connectivity index (χ4n) is 6.68. The number of rotatable bonds is 45. The van der Waals surface area contributed by atoms with Crippen molar-refractivity contribution in [2.75, 3.05) is 54.1 Å². The summed E-state index contributed by atoms with van der Waals surface area (Å²) in [5.41, 5.74) is 0. The number of quaternary nitrogens is 1. The molecule has 0 rings (SSSR count). The van der Waals surface area contributed by atoms with Gasteiger partial charge in [0, 0.05) is 13.0 Å². The first-order chi connectivity index (χ1) is 28.1. The van der Waals surface area contributed by atoms with Crippen molar-refractivity contribution in [2.45, 2.75) is 219 Å². The third-order valence-electron chi connectivity index (χ3n) is 10.5. The van der Waals surface area contributed by atoms with Crippen LogP contribution < -0.4 is 0 Å². The normalized spacial score (nSPS) is 14.0. The summed E-state index contributed by atoms with van der Waals surface area (Å²) in [7, 11) is 1.67. The van der Waals surface area contributed by atoms with Crippen molar-refractivity contribution < 1.29 is 37.3 Å². The number of hydrogen-bond acceptors (Lipinski definition) is 6. The summed E-state index contributed by atoms with van der Waals surface area (Å²) in [6, 6.07) is 0. The number of esters is 1. The molecule has 0 bridgehead atoms. The second kappa shape index (κ2) is 42.4. The lowest BCUT2D eigenvalue weighted by atomic mass is 10.0. The Hall–Kier alpha value is -1.28. The van der Waals surface area contributed by atoms with E-state index >= 15 is 0 Å². The molecule has 9 heteroatoms. The van der Waals surface area contributed by atoms with Crippen LogP contribution in [0.1, 0.15) is 213 Å². The van der Waals surface area contributed by atoms with Crippen LogP contribution in [0.4, 0.5) is 0 Å². The molecule has 1 N–H and O–H groups in total. The van der Waals surface area contributed by atoms with Crippen LogP contribution in [0, 0.1) is 0 Å². The Morgan fingerprint density at radius 2 is 0.948 bits per heavy atom. The van der Waals surface area contributed by atoms with E-state index < -0.39 is 13.9 Å². The molecule has 8 nitrogen and oxygen atoms in total. The molecule has 2 atom stereocenters. The summed E-state index contributed by atoms with van der Waals surface area (Å²) in [5.74, 6) is -0.316. The lowest BCUT2D eigenvalue weighted by Gasteiger charge is -2.24. The summed E-state index contributed by atoms with van der Waals surface area (Å²) in [6.07, 6.45) is 50.4. The number of carbonyl (C=O) groups is 1. The number of unbranched alkanes of at least 4 members (excludes halogenated alkanes) is 25. The van der Waals surface area contributed by atoms with E-state index in [1.54, 1.807) is 0 Å². The van der Waals surface area contributed by atoms with Gasteiger partial charge in [0.1, 0.15) is 19.3 Å². The third kappa shape index (κ3) is 45.8. The van der Waals surface area contributed by atoms with Crippen molar-refractivity contribution in [1.29, 1.82) is 0 Å². The molecule has 0 radical (unpaired) electrons. The Morgan fingerprint density at radius 3 is 1.41 bits per heavy atom. The molecule has 0 aromatic rings. The minimum absolute atomic E-state index is 0.0888. The number of allylic oxidation sites excluding steroid dienone is 6. The van der Waals surface area contributed by atoms with Crippen LogP contribution in [0.2, 0.25) is 0 Å². The number of phosphoric acid groups is 1. The molecule has 0 heterocycles. The Labute approximate surface area is 359 Å². The van der Waals surface area contributed by atoms with E-state index in [0.29, 0.717) is 24.1 Å². The summed E-state index contributed by atoms with van der Waals surface area (Å²) < 4.78 is 35.0. The molecule has 0 fully saturated rings. The second-order valence-electron chi connectivity index (χ2n) is 17.5. The van der Waals surface area contributed by atoms with Gasteiger partial charge in [0.05, 0.1) is 34.4 Å². The van der Waals surface area contributed by atoms with Crippen molar-refractivity contribution in [3.8, 4) is 0 Å². The summed E-state index contributed by atoms with van der Waals surface area (Å²) in [6.45, 7) is 5.63. The average Bonchev–Trinajstić information content (AvgIpc) is 3.18. The molecular weight excluding hydrogens is 746 g/mol. The Balaban J connectivity index is 4.09. The molecule has 0 aliphatic rings. The topological polar surface area (TPSA) is 91.3 Å². The molecule has 0 aromatic carbocycles. The zero-order valence-electron chi connectivity index (χ0n) is 38.8. The van der Waals surface area contributed by atoms with Gasteiger partial charge in [0.15, 0.2) is 0 Å². The van der Waals surface area contributed by atoms with Crippen molar-refractivity contribution in [1.82, 2.24) is 0 Å². The highest BCUT2D eigenvalue weighted by Gasteiger charge is 2.26. The van der Waals surface area contributed by atoms with Gasteiger partial charge in [-0.25, -0.2) is 4.57 Å². The number of nitrogens with zero attached hydrogens (tertiary/aromatic N) is 1. The van der Waals surface area contributed by atoms with Crippen molar-refractivity contribution in [2.24, 2.45) is 0 Å². The smallest absolute Gasteiger partial charge is 0.457 e. The van der Waals surface area contributed by atoms with E-state index in [0.717, 1.165) is 44.9 Å². The molecular formula is C49H95NO7P+. The maximum atomic E-state index is 12.7. The molecule has 0 aliphatic carbocycles. The lowest BCUT2D eigenvalue weighted by molar-refractivity contribution is -0.870. The SMILES string of the molecule is CCCCCCC/C=C\C/C=C\C/C=C\CCCCCCCCCCCCC(=O)OC(COCCCCCCCCCCCCC)COP(=O)(O)OCC[N+](C)(C)C. The average molecular weight is 841 g/mol. The molecule has 0 saturated heterocycles. The van der Waals surface area contributed by atoms with E-state index in [1.807, 2.05) is 21.1 Å². The molecule has 0 amide bonds. The molecule has 58 heavy (non-hydrogen) atoms. The first-order valence-corrected chi connectivity index (χ1v) is 25.7. The van der Waals surface area contributed by atoms with Gasteiger partial charge in [0.25, 0.3) is 0 Å². The number of likely N-dealkylation sites (N-methyl/N-ethyl adjacent to an activating group) is 1. The van der Waals surface area contributed by atoms with Crippen molar-refractivity contribution in [3.63, 3.8) is 0 Å². The van der Waals surface area contributed by atoms with E-state index in [4.69, 9.17) is 18.5 Å². The van der Waals surface area contributed by atoms with Gasteiger partial charge in [-0.2, -0.15) is 0 Å². The van der Waals surface area contributed by atoms with Crippen molar-refractivity contribution in [3.05, 3.63) is 36.5 Å². The van der Waals surface area contributed by atoms with Gasteiger partial charge < -0.3 is 18.9 Å². The predicted molar refractivity (Wildman–Crippen MR) is 247 cm³/mol. The largest absolute Gasteiger partial charge is 0.472 e. The fraction of sp³-hybridized carbons (Fsp3) is 0.857. The van der Waals surface area contributed by atoms with Crippen LogP contribution in [0.15, 0.2) is 36.5 Å². The highest BCUT2D eigenvalue weighted by atomic mass is 31.2. The lowest BCUT2D eigenvalue weighted by Crippen LogP contribution is -2.37. The van der Waals surface area contributed by atoms with Crippen LogP contribution in [-0.2, 0) is 27.9 Å². The molecule has 342 valence electrons.